The molecule has 0 bridgehead atoms. The summed E-state index contributed by atoms with van der Waals surface area (Å²) in [5.41, 5.74) is 7.35. The van der Waals surface area contributed by atoms with Gasteiger partial charge in [-0.05, 0) is 66.6 Å². The van der Waals surface area contributed by atoms with Crippen LogP contribution in [0, 0.1) is 5.92 Å². The highest BCUT2D eigenvalue weighted by molar-refractivity contribution is 5.85. The average molecular weight is 326 g/mol. The smallest absolute Gasteiger partial charge is 0.00421 e. The van der Waals surface area contributed by atoms with Gasteiger partial charge in [0, 0.05) is 6.54 Å². The van der Waals surface area contributed by atoms with E-state index in [1.54, 1.807) is 0 Å². The number of hydrogen-bond acceptors (Lipinski definition) is 1. The summed E-state index contributed by atoms with van der Waals surface area (Å²) in [6, 6.07) is 17.9. The quantitative estimate of drug-likeness (QED) is 0.741. The first kappa shape index (κ1) is 16.3. The first-order chi connectivity index (χ1) is 10.8. The van der Waals surface area contributed by atoms with E-state index < -0.39 is 0 Å². The van der Waals surface area contributed by atoms with Crippen LogP contribution in [0.15, 0.2) is 54.6 Å². The van der Waals surface area contributed by atoms with Crippen LogP contribution >= 0.6 is 12.4 Å². The van der Waals surface area contributed by atoms with Crippen molar-refractivity contribution in [2.45, 2.75) is 19.3 Å². The third kappa shape index (κ3) is 3.22. The highest BCUT2D eigenvalue weighted by Gasteiger charge is 2.22. The number of aryl methyl sites for hydroxylation is 2. The van der Waals surface area contributed by atoms with Crippen LogP contribution in [0.3, 0.4) is 0 Å². The minimum atomic E-state index is 0. The molecule has 0 spiro atoms. The molecule has 120 valence electrons. The van der Waals surface area contributed by atoms with Gasteiger partial charge in [-0.15, -0.1) is 12.4 Å². The molecule has 4 rings (SSSR count). The molecule has 1 aliphatic heterocycles. The first-order valence-electron chi connectivity index (χ1n) is 8.38. The van der Waals surface area contributed by atoms with Gasteiger partial charge in [-0.25, -0.2) is 0 Å². The molecule has 1 fully saturated rings. The molecule has 0 aromatic heterocycles. The first-order valence-corrected chi connectivity index (χ1v) is 8.38. The van der Waals surface area contributed by atoms with Crippen LogP contribution in [0.5, 0.6) is 0 Å². The fraction of sp³-hybridized carbons (Fsp3) is 0.333. The topological polar surface area (TPSA) is 3.24 Å². The zero-order valence-corrected chi connectivity index (χ0v) is 14.5. The SMILES string of the molecule is CN1CCC(C=C2c3ccccc3CCc3ccccc32)C1.Cl. The molecule has 2 aliphatic rings. The van der Waals surface area contributed by atoms with Gasteiger partial charge in [0.05, 0.1) is 0 Å². The summed E-state index contributed by atoms with van der Waals surface area (Å²) >= 11 is 0. The third-order valence-corrected chi connectivity index (χ3v) is 5.11. The van der Waals surface area contributed by atoms with Gasteiger partial charge in [0.2, 0.25) is 0 Å². The van der Waals surface area contributed by atoms with E-state index in [-0.39, 0.29) is 12.4 Å². The molecule has 1 heterocycles. The number of halogens is 1. The van der Waals surface area contributed by atoms with Crippen molar-refractivity contribution in [3.8, 4) is 0 Å². The highest BCUT2D eigenvalue weighted by Crippen LogP contribution is 2.35. The Labute approximate surface area is 145 Å². The molecule has 2 aromatic rings. The van der Waals surface area contributed by atoms with Gasteiger partial charge in [0.25, 0.3) is 0 Å². The van der Waals surface area contributed by atoms with Gasteiger partial charge in [0.1, 0.15) is 0 Å². The van der Waals surface area contributed by atoms with Crippen molar-refractivity contribution >= 4 is 18.0 Å². The zero-order chi connectivity index (χ0) is 14.9. The maximum absolute atomic E-state index is 2.55. The Balaban J connectivity index is 0.00000156. The van der Waals surface area contributed by atoms with Crippen molar-refractivity contribution in [1.82, 2.24) is 4.90 Å². The van der Waals surface area contributed by atoms with Crippen molar-refractivity contribution in [1.29, 1.82) is 0 Å². The molecule has 1 nitrogen and oxygen atoms in total. The van der Waals surface area contributed by atoms with Crippen LogP contribution in [-0.2, 0) is 12.8 Å². The Hall–Kier alpha value is -1.57. The fourth-order valence-electron chi connectivity index (χ4n) is 3.94. The highest BCUT2D eigenvalue weighted by atomic mass is 35.5. The average Bonchev–Trinajstić information content (AvgIpc) is 2.89. The normalized spacial score (nSPS) is 20.2. The van der Waals surface area contributed by atoms with Crippen molar-refractivity contribution in [3.05, 3.63) is 76.9 Å². The standard InChI is InChI=1S/C21H23N.ClH/c1-22-13-12-16(15-22)14-21-19-8-4-2-6-17(19)10-11-18-7-3-5-9-20(18)21;/h2-9,14,16H,10-13,15H2,1H3;1H. The second kappa shape index (κ2) is 6.90. The second-order valence-corrected chi connectivity index (χ2v) is 6.71. The van der Waals surface area contributed by atoms with E-state index in [4.69, 9.17) is 0 Å². The van der Waals surface area contributed by atoms with Gasteiger partial charge in [-0.2, -0.15) is 0 Å². The molecule has 0 amide bonds. The summed E-state index contributed by atoms with van der Waals surface area (Å²) in [7, 11) is 2.23. The molecule has 1 saturated heterocycles. The van der Waals surface area contributed by atoms with Crippen LogP contribution in [0.4, 0.5) is 0 Å². The Bertz CT molecular complexity index is 670. The predicted molar refractivity (Wildman–Crippen MR) is 100 cm³/mol. The number of hydrogen-bond donors (Lipinski definition) is 0. The van der Waals surface area contributed by atoms with Gasteiger partial charge in [-0.1, -0.05) is 54.6 Å². The summed E-state index contributed by atoms with van der Waals surface area (Å²) in [5.74, 6) is 0.680. The molecule has 2 heteroatoms. The largest absolute Gasteiger partial charge is 0.306 e. The fourth-order valence-corrected chi connectivity index (χ4v) is 3.94. The van der Waals surface area contributed by atoms with E-state index in [0.717, 1.165) is 12.8 Å². The van der Waals surface area contributed by atoms with Gasteiger partial charge in [0.15, 0.2) is 0 Å². The molecule has 1 unspecified atom stereocenters. The minimum Gasteiger partial charge on any atom is -0.306 e. The lowest BCUT2D eigenvalue weighted by Gasteiger charge is -2.14. The van der Waals surface area contributed by atoms with Crippen molar-refractivity contribution < 1.29 is 0 Å². The molecule has 23 heavy (non-hydrogen) atoms. The summed E-state index contributed by atoms with van der Waals surface area (Å²) in [4.78, 5) is 2.44. The monoisotopic (exact) mass is 325 g/mol. The molecule has 2 aromatic carbocycles. The number of benzene rings is 2. The molecule has 0 saturated carbocycles. The Kier molecular flexibility index (Phi) is 4.89. The Morgan fingerprint density at radius 2 is 1.48 bits per heavy atom. The van der Waals surface area contributed by atoms with E-state index >= 15 is 0 Å². The molecular formula is C21H24ClN. The van der Waals surface area contributed by atoms with Crippen LogP contribution in [0.1, 0.15) is 28.7 Å². The van der Waals surface area contributed by atoms with Crippen LogP contribution in [0.25, 0.3) is 5.57 Å². The molecule has 1 atom stereocenters. The summed E-state index contributed by atoms with van der Waals surface area (Å²) < 4.78 is 0. The minimum absolute atomic E-state index is 0. The Morgan fingerprint density at radius 1 is 0.913 bits per heavy atom. The lowest BCUT2D eigenvalue weighted by atomic mass is 9.90. The zero-order valence-electron chi connectivity index (χ0n) is 13.7. The second-order valence-electron chi connectivity index (χ2n) is 6.71. The summed E-state index contributed by atoms with van der Waals surface area (Å²) in [6.45, 7) is 2.41. The molecular weight excluding hydrogens is 302 g/mol. The van der Waals surface area contributed by atoms with Gasteiger partial charge in [-0.3, -0.25) is 0 Å². The summed E-state index contributed by atoms with van der Waals surface area (Å²) in [5, 5.41) is 0. The van der Waals surface area contributed by atoms with E-state index in [1.165, 1.54) is 47.3 Å². The van der Waals surface area contributed by atoms with Gasteiger partial charge >= 0.3 is 0 Å². The lowest BCUT2D eigenvalue weighted by Crippen LogP contribution is -2.13. The molecule has 0 radical (unpaired) electrons. The predicted octanol–water partition coefficient (Wildman–Crippen LogP) is 4.59. The number of likely N-dealkylation sites (tertiary alicyclic amines) is 1. The maximum atomic E-state index is 2.55. The van der Waals surface area contributed by atoms with E-state index in [2.05, 4.69) is 66.6 Å². The van der Waals surface area contributed by atoms with Crippen molar-refractivity contribution in [2.75, 3.05) is 20.1 Å². The van der Waals surface area contributed by atoms with E-state index in [1.807, 2.05) is 0 Å². The van der Waals surface area contributed by atoms with E-state index in [0.29, 0.717) is 5.92 Å². The maximum Gasteiger partial charge on any atom is 0.00421 e. The lowest BCUT2D eigenvalue weighted by molar-refractivity contribution is 0.408. The van der Waals surface area contributed by atoms with Gasteiger partial charge < -0.3 is 4.90 Å². The number of fused-ring (bicyclic) bond motifs is 2. The summed E-state index contributed by atoms with van der Waals surface area (Å²) in [6.07, 6.45) is 6.13. The Morgan fingerprint density at radius 3 is 2.00 bits per heavy atom. The van der Waals surface area contributed by atoms with Crippen molar-refractivity contribution in [2.24, 2.45) is 5.92 Å². The van der Waals surface area contributed by atoms with Crippen LogP contribution in [-0.4, -0.2) is 25.0 Å². The number of rotatable bonds is 1. The van der Waals surface area contributed by atoms with Crippen LogP contribution < -0.4 is 0 Å². The number of nitrogens with zero attached hydrogens (tertiary/aromatic N) is 1. The molecule has 0 N–H and O–H groups in total. The molecule has 1 aliphatic carbocycles. The van der Waals surface area contributed by atoms with Crippen molar-refractivity contribution in [3.63, 3.8) is 0 Å². The third-order valence-electron chi connectivity index (χ3n) is 5.11. The van der Waals surface area contributed by atoms with Crippen LogP contribution in [0.2, 0.25) is 0 Å². The van der Waals surface area contributed by atoms with E-state index in [9.17, 15) is 0 Å².